The minimum Gasteiger partial charge on any atom is -0.507 e. The third kappa shape index (κ3) is 9.23. The number of likely N-dealkylation sites (tertiary alicyclic amines) is 1. The van der Waals surface area contributed by atoms with E-state index in [-0.39, 0.29) is 43.0 Å². The Bertz CT molecular complexity index is 1990. The molecule has 0 unspecified atom stereocenters. The summed E-state index contributed by atoms with van der Waals surface area (Å²) in [5.41, 5.74) is 12.1. The zero-order valence-electron chi connectivity index (χ0n) is 32.0. The number of carbonyl (C=O) groups is 3. The first kappa shape index (κ1) is 39.6. The number of benzene rings is 2. The Kier molecular flexibility index (Phi) is 12.0. The highest BCUT2D eigenvalue weighted by molar-refractivity contribution is 7.13. The van der Waals surface area contributed by atoms with Crippen molar-refractivity contribution in [2.45, 2.75) is 71.7 Å². The van der Waals surface area contributed by atoms with E-state index in [0.29, 0.717) is 49.8 Å². The number of aromatic nitrogens is 3. The number of thiazole rings is 1. The number of hydrogen-bond donors (Lipinski definition) is 5. The van der Waals surface area contributed by atoms with Crippen LogP contribution in [0.2, 0.25) is 0 Å². The molecular weight excluding hydrogens is 719 g/mol. The highest BCUT2D eigenvalue weighted by atomic mass is 32.1. The normalized spacial score (nSPS) is 18.9. The van der Waals surface area contributed by atoms with Crippen LogP contribution >= 0.6 is 11.3 Å². The number of amides is 3. The molecule has 14 nitrogen and oxygen atoms in total. The number of nitrogens with zero attached hydrogens (tertiary/aromatic N) is 6. The fraction of sp³-hybridized carbons (Fsp3) is 0.450. The molecular formula is C40H51N9O5S. The van der Waals surface area contributed by atoms with Gasteiger partial charge in [-0.25, -0.2) is 4.98 Å². The van der Waals surface area contributed by atoms with Gasteiger partial charge in [0.1, 0.15) is 17.8 Å². The van der Waals surface area contributed by atoms with Crippen LogP contribution in [0.4, 0.5) is 11.5 Å². The van der Waals surface area contributed by atoms with Crippen molar-refractivity contribution >= 4 is 40.6 Å². The van der Waals surface area contributed by atoms with Crippen LogP contribution in [-0.2, 0) is 14.4 Å². The molecule has 0 bridgehead atoms. The summed E-state index contributed by atoms with van der Waals surface area (Å²) in [7, 11) is 0. The first-order valence-electron chi connectivity index (χ1n) is 18.7. The number of rotatable bonds is 11. The van der Waals surface area contributed by atoms with Crippen molar-refractivity contribution in [1.82, 2.24) is 35.6 Å². The Morgan fingerprint density at radius 3 is 2.38 bits per heavy atom. The number of aryl methyl sites for hydroxylation is 1. The van der Waals surface area contributed by atoms with Crippen molar-refractivity contribution in [2.75, 3.05) is 49.9 Å². The van der Waals surface area contributed by atoms with E-state index < -0.39 is 29.5 Å². The van der Waals surface area contributed by atoms with Crippen LogP contribution < -0.4 is 21.3 Å². The van der Waals surface area contributed by atoms with Gasteiger partial charge in [0, 0.05) is 57.7 Å². The molecule has 4 heterocycles. The molecule has 4 atom stereocenters. The van der Waals surface area contributed by atoms with Gasteiger partial charge in [-0.15, -0.1) is 21.5 Å². The smallest absolute Gasteiger partial charge is 0.246 e. The number of hydrogen-bond acceptors (Lipinski definition) is 12. The molecule has 2 saturated heterocycles. The van der Waals surface area contributed by atoms with Crippen LogP contribution in [0, 0.1) is 12.3 Å². The van der Waals surface area contributed by atoms with E-state index in [1.54, 1.807) is 29.5 Å². The van der Waals surface area contributed by atoms with E-state index in [1.807, 2.05) is 76.5 Å². The molecule has 292 valence electrons. The lowest BCUT2D eigenvalue weighted by Crippen LogP contribution is -2.58. The lowest BCUT2D eigenvalue weighted by molar-refractivity contribution is -0.144. The Morgan fingerprint density at radius 2 is 1.73 bits per heavy atom. The summed E-state index contributed by atoms with van der Waals surface area (Å²) >= 11 is 1.58. The Balaban J connectivity index is 1.03. The highest BCUT2D eigenvalue weighted by Gasteiger charge is 2.44. The van der Waals surface area contributed by atoms with Gasteiger partial charge in [-0.1, -0.05) is 57.2 Å². The number of phenolic OH excluding ortho intramolecular Hbond substituents is 1. The van der Waals surface area contributed by atoms with E-state index in [4.69, 9.17) is 5.73 Å². The monoisotopic (exact) mass is 769 g/mol. The third-order valence-electron chi connectivity index (χ3n) is 10.4. The molecule has 2 aromatic heterocycles. The first-order chi connectivity index (χ1) is 26.2. The van der Waals surface area contributed by atoms with Crippen molar-refractivity contribution in [3.8, 4) is 27.4 Å². The van der Waals surface area contributed by atoms with E-state index in [0.717, 1.165) is 27.4 Å². The third-order valence-corrected chi connectivity index (χ3v) is 11.4. The van der Waals surface area contributed by atoms with Crippen molar-refractivity contribution < 1.29 is 24.6 Å². The van der Waals surface area contributed by atoms with Gasteiger partial charge in [-0.3, -0.25) is 19.3 Å². The van der Waals surface area contributed by atoms with Crippen LogP contribution in [-0.4, -0.2) is 110 Å². The molecule has 0 radical (unpaired) electrons. The van der Waals surface area contributed by atoms with E-state index in [9.17, 15) is 24.6 Å². The summed E-state index contributed by atoms with van der Waals surface area (Å²) in [6.45, 7) is 12.7. The predicted octanol–water partition coefficient (Wildman–Crippen LogP) is 3.75. The first-order valence-corrected chi connectivity index (χ1v) is 19.5. The fourth-order valence-electron chi connectivity index (χ4n) is 7.19. The average molecular weight is 770 g/mol. The van der Waals surface area contributed by atoms with E-state index in [2.05, 4.69) is 35.6 Å². The predicted molar refractivity (Wildman–Crippen MR) is 213 cm³/mol. The molecule has 0 saturated carbocycles. The summed E-state index contributed by atoms with van der Waals surface area (Å²) in [6.07, 6.45) is -0.564. The number of aliphatic hydroxyl groups excluding tert-OH is 1. The number of β-amino-alcohol motifs (C(OH)–C–C–N with tert-alkyl or cyclic N) is 1. The van der Waals surface area contributed by atoms with Crippen molar-refractivity contribution in [3.05, 3.63) is 71.4 Å². The summed E-state index contributed by atoms with van der Waals surface area (Å²) in [4.78, 5) is 52.3. The second kappa shape index (κ2) is 16.7. The molecule has 6 N–H and O–H groups in total. The number of nitrogens with two attached hydrogens (primary N) is 1. The van der Waals surface area contributed by atoms with E-state index >= 15 is 0 Å². The summed E-state index contributed by atoms with van der Waals surface area (Å²) in [5.74, 6) is -0.596. The number of aliphatic hydroxyl groups is 1. The number of piperazine rings is 1. The molecule has 4 aromatic rings. The standard InChI is InChI=1S/C40H51N9O5S/c1-24(26-10-12-27(13-11-26)35-25(2)42-23-55-35)43-38(53)32-20-28(50)22-49(32)39(54)36(40(3,4)5)44-34(52)14-15-47-16-18-48(19-17-47)31-21-30(45-46-37(31)41)29-8-6-7-9-33(29)51/h6-13,21,23-24,28,32,36,50-51H,14-20,22H2,1-5H3,(H2,41,46)(H,43,53)(H,44,52)/t24-,28+,32-,36+/m0/s1. The molecule has 0 spiro atoms. The molecule has 15 heteroatoms. The minimum atomic E-state index is -0.905. The number of nitrogen functional groups attached to an aromatic ring is 1. The lowest BCUT2D eigenvalue weighted by Gasteiger charge is -2.37. The topological polar surface area (TPSA) is 190 Å². The van der Waals surface area contributed by atoms with Crippen LogP contribution in [0.15, 0.2) is 60.1 Å². The number of anilines is 2. The van der Waals surface area contributed by atoms with Gasteiger partial charge in [0.15, 0.2) is 5.82 Å². The Hall–Kier alpha value is -5.12. The second-order valence-corrected chi connectivity index (χ2v) is 16.3. The Labute approximate surface area is 325 Å². The molecule has 2 fully saturated rings. The molecule has 6 rings (SSSR count). The summed E-state index contributed by atoms with van der Waals surface area (Å²) in [5, 5.41) is 35.3. The largest absolute Gasteiger partial charge is 0.507 e. The van der Waals surface area contributed by atoms with Crippen LogP contribution in [0.25, 0.3) is 21.7 Å². The average Bonchev–Trinajstić information content (AvgIpc) is 3.78. The number of nitrogens with one attached hydrogen (secondary N) is 2. The van der Waals surface area contributed by atoms with Crippen LogP contribution in [0.5, 0.6) is 5.75 Å². The zero-order valence-corrected chi connectivity index (χ0v) is 32.8. The van der Waals surface area contributed by atoms with Gasteiger partial charge >= 0.3 is 0 Å². The van der Waals surface area contributed by atoms with Gasteiger partial charge < -0.3 is 36.4 Å². The van der Waals surface area contributed by atoms with E-state index in [1.165, 1.54) is 4.90 Å². The van der Waals surface area contributed by atoms with Gasteiger partial charge in [0.2, 0.25) is 17.7 Å². The molecule has 2 aromatic carbocycles. The lowest BCUT2D eigenvalue weighted by atomic mass is 9.85. The van der Waals surface area contributed by atoms with Crippen molar-refractivity contribution in [3.63, 3.8) is 0 Å². The number of aromatic hydroxyl groups is 1. The maximum Gasteiger partial charge on any atom is 0.246 e. The number of phenols is 1. The van der Waals surface area contributed by atoms with Gasteiger partial charge in [-0.2, -0.15) is 0 Å². The van der Waals surface area contributed by atoms with Gasteiger partial charge in [0.05, 0.1) is 39.6 Å². The quantitative estimate of drug-likeness (QED) is 0.149. The Morgan fingerprint density at radius 1 is 1.02 bits per heavy atom. The van der Waals surface area contributed by atoms with Gasteiger partial charge in [-0.05, 0) is 48.6 Å². The zero-order chi connectivity index (χ0) is 39.4. The maximum absolute atomic E-state index is 14.1. The minimum absolute atomic E-state index is 0.00639. The fourth-order valence-corrected chi connectivity index (χ4v) is 8.00. The number of carbonyl (C=O) groups excluding carboxylic acids is 3. The molecule has 55 heavy (non-hydrogen) atoms. The second-order valence-electron chi connectivity index (χ2n) is 15.5. The molecule has 2 aliphatic rings. The van der Waals surface area contributed by atoms with Crippen molar-refractivity contribution in [2.24, 2.45) is 5.41 Å². The SMILES string of the molecule is Cc1ncsc1-c1ccc([C@H](C)NC(=O)[C@@H]2C[C@@H](O)CN2C(=O)[C@@H](NC(=O)CCN2CCN(c3cc(-c4ccccc4O)nnc3N)CC2)C(C)(C)C)cc1. The number of para-hydroxylation sites is 1. The maximum atomic E-state index is 14.1. The van der Waals surface area contributed by atoms with Crippen molar-refractivity contribution in [1.29, 1.82) is 0 Å². The highest BCUT2D eigenvalue weighted by Crippen LogP contribution is 2.32. The summed E-state index contributed by atoms with van der Waals surface area (Å²) in [6, 6.07) is 14.6. The molecule has 3 amide bonds. The van der Waals surface area contributed by atoms with Gasteiger partial charge in [0.25, 0.3) is 0 Å². The van der Waals surface area contributed by atoms with Crippen LogP contribution in [0.1, 0.15) is 57.8 Å². The molecule has 0 aliphatic carbocycles. The molecule has 2 aliphatic heterocycles. The van der Waals surface area contributed by atoms with Crippen LogP contribution in [0.3, 0.4) is 0 Å². The summed E-state index contributed by atoms with van der Waals surface area (Å²) < 4.78 is 0.